The molecule has 21 heavy (non-hydrogen) atoms. The maximum atomic E-state index is 6.46. The highest BCUT2D eigenvalue weighted by molar-refractivity contribution is 14.1. The van der Waals surface area contributed by atoms with Crippen LogP contribution in [0.3, 0.4) is 0 Å². The molecule has 2 N–H and O–H groups in total. The van der Waals surface area contributed by atoms with Gasteiger partial charge < -0.3 is 15.2 Å². The van der Waals surface area contributed by atoms with Crippen molar-refractivity contribution in [1.82, 2.24) is 0 Å². The molecule has 1 heterocycles. The molecule has 0 saturated heterocycles. The first-order chi connectivity index (χ1) is 10.1. The van der Waals surface area contributed by atoms with Crippen LogP contribution in [0.15, 0.2) is 39.3 Å². The predicted molar refractivity (Wildman–Crippen MR) is 98.0 cm³/mol. The van der Waals surface area contributed by atoms with Crippen LogP contribution in [0.5, 0.6) is 11.5 Å². The Balaban J connectivity index is 2.05. The van der Waals surface area contributed by atoms with E-state index in [2.05, 4.69) is 60.5 Å². The van der Waals surface area contributed by atoms with Crippen LogP contribution in [-0.2, 0) is 0 Å². The summed E-state index contributed by atoms with van der Waals surface area (Å²) in [4.78, 5) is 0. The minimum atomic E-state index is -0.251. The first-order valence-electron chi connectivity index (χ1n) is 6.36. The maximum Gasteiger partial charge on any atom is 0.162 e. The van der Waals surface area contributed by atoms with Gasteiger partial charge in [-0.3, -0.25) is 0 Å². The minimum absolute atomic E-state index is 0.251. The molecule has 0 aliphatic carbocycles. The van der Waals surface area contributed by atoms with Crippen molar-refractivity contribution in [2.45, 2.75) is 6.04 Å². The highest BCUT2D eigenvalue weighted by Crippen LogP contribution is 2.40. The molecule has 1 aliphatic heterocycles. The van der Waals surface area contributed by atoms with E-state index in [0.29, 0.717) is 13.2 Å². The molecule has 1 aliphatic rings. The van der Waals surface area contributed by atoms with Crippen molar-refractivity contribution in [2.75, 3.05) is 13.2 Å². The smallest absolute Gasteiger partial charge is 0.162 e. The summed E-state index contributed by atoms with van der Waals surface area (Å²) in [5.41, 5.74) is 8.48. The normalized spacial score (nSPS) is 14.9. The molecule has 1 atom stereocenters. The molecule has 3 rings (SSSR count). The van der Waals surface area contributed by atoms with Gasteiger partial charge in [0.25, 0.3) is 0 Å². The van der Waals surface area contributed by atoms with Crippen LogP contribution in [0.25, 0.3) is 0 Å². The minimum Gasteiger partial charge on any atom is -0.486 e. The fourth-order valence-corrected chi connectivity index (χ4v) is 3.82. The summed E-state index contributed by atoms with van der Waals surface area (Å²) in [6, 6.07) is 9.77. The topological polar surface area (TPSA) is 44.5 Å². The van der Waals surface area contributed by atoms with Crippen molar-refractivity contribution in [3.63, 3.8) is 0 Å². The second-order valence-electron chi connectivity index (χ2n) is 4.66. The SMILES string of the molecule is NC(c1cc(I)ccc1Br)c1cc2c(cc1Br)OCCO2. The Kier molecular flexibility index (Phi) is 4.78. The summed E-state index contributed by atoms with van der Waals surface area (Å²) < 4.78 is 14.3. The molecular formula is C15H12Br2INO2. The lowest BCUT2D eigenvalue weighted by Crippen LogP contribution is -2.18. The molecular weight excluding hydrogens is 513 g/mol. The Morgan fingerprint density at radius 2 is 1.57 bits per heavy atom. The van der Waals surface area contributed by atoms with E-state index in [0.717, 1.165) is 35.1 Å². The Morgan fingerprint density at radius 3 is 2.29 bits per heavy atom. The number of rotatable bonds is 2. The molecule has 110 valence electrons. The number of nitrogens with two attached hydrogens (primary N) is 1. The molecule has 0 aromatic heterocycles. The van der Waals surface area contributed by atoms with Crippen molar-refractivity contribution in [3.8, 4) is 11.5 Å². The van der Waals surface area contributed by atoms with Crippen LogP contribution in [0.4, 0.5) is 0 Å². The molecule has 1 unspecified atom stereocenters. The van der Waals surface area contributed by atoms with Gasteiger partial charge in [-0.05, 0) is 64.0 Å². The third-order valence-electron chi connectivity index (χ3n) is 3.29. The van der Waals surface area contributed by atoms with E-state index in [1.807, 2.05) is 24.3 Å². The van der Waals surface area contributed by atoms with Crippen molar-refractivity contribution < 1.29 is 9.47 Å². The van der Waals surface area contributed by atoms with E-state index < -0.39 is 0 Å². The third-order valence-corrected chi connectivity index (χ3v) is 5.37. The van der Waals surface area contributed by atoms with Crippen molar-refractivity contribution in [2.24, 2.45) is 5.73 Å². The van der Waals surface area contributed by atoms with Crippen molar-refractivity contribution in [1.29, 1.82) is 0 Å². The third kappa shape index (κ3) is 3.23. The second kappa shape index (κ2) is 6.44. The van der Waals surface area contributed by atoms with Gasteiger partial charge in [-0.15, -0.1) is 0 Å². The Bertz CT molecular complexity index is 694. The van der Waals surface area contributed by atoms with Crippen molar-refractivity contribution >= 4 is 54.5 Å². The molecule has 0 saturated carbocycles. The van der Waals surface area contributed by atoms with Crippen molar-refractivity contribution in [3.05, 3.63) is 54.0 Å². The fraction of sp³-hybridized carbons (Fsp3) is 0.200. The zero-order chi connectivity index (χ0) is 15.0. The van der Waals surface area contributed by atoms with Gasteiger partial charge in [0.05, 0.1) is 6.04 Å². The van der Waals surface area contributed by atoms with Crippen LogP contribution in [-0.4, -0.2) is 13.2 Å². The second-order valence-corrected chi connectivity index (χ2v) is 7.62. The molecule has 3 nitrogen and oxygen atoms in total. The summed E-state index contributed by atoms with van der Waals surface area (Å²) in [6.45, 7) is 1.14. The standard InChI is InChI=1S/C15H12Br2INO2/c16-11-2-1-8(18)5-9(11)15(19)10-6-13-14(7-12(10)17)21-4-3-20-13/h1-2,5-7,15H,3-4,19H2. The lowest BCUT2D eigenvalue weighted by molar-refractivity contribution is 0.171. The highest BCUT2D eigenvalue weighted by atomic mass is 127. The molecule has 6 heteroatoms. The number of benzene rings is 2. The highest BCUT2D eigenvalue weighted by Gasteiger charge is 2.20. The van der Waals surface area contributed by atoms with Gasteiger partial charge in [0, 0.05) is 12.5 Å². The monoisotopic (exact) mass is 523 g/mol. The van der Waals surface area contributed by atoms with Crippen LogP contribution < -0.4 is 15.2 Å². The fourth-order valence-electron chi connectivity index (χ4n) is 2.24. The molecule has 2 aromatic rings. The van der Waals surface area contributed by atoms with Crippen LogP contribution in [0, 0.1) is 3.57 Å². The van der Waals surface area contributed by atoms with E-state index in [9.17, 15) is 0 Å². The first kappa shape index (κ1) is 15.6. The summed E-state index contributed by atoms with van der Waals surface area (Å²) in [5, 5.41) is 0. The van der Waals surface area contributed by atoms with Gasteiger partial charge in [0.2, 0.25) is 0 Å². The number of hydrogen-bond acceptors (Lipinski definition) is 3. The molecule has 2 aromatic carbocycles. The van der Waals surface area contributed by atoms with Crippen LogP contribution >= 0.6 is 54.5 Å². The Labute approximate surface area is 153 Å². The summed E-state index contributed by atoms with van der Waals surface area (Å²) >= 11 is 9.44. The van der Waals surface area contributed by atoms with Gasteiger partial charge >= 0.3 is 0 Å². The molecule has 0 spiro atoms. The largest absolute Gasteiger partial charge is 0.486 e. The van der Waals surface area contributed by atoms with E-state index in [1.165, 1.54) is 0 Å². The molecule has 0 bridgehead atoms. The predicted octanol–water partition coefficient (Wildman–Crippen LogP) is 4.64. The lowest BCUT2D eigenvalue weighted by atomic mass is 9.99. The van der Waals surface area contributed by atoms with Gasteiger partial charge in [-0.25, -0.2) is 0 Å². The van der Waals surface area contributed by atoms with E-state index in [-0.39, 0.29) is 6.04 Å². The number of ether oxygens (including phenoxy) is 2. The van der Waals surface area contributed by atoms with Gasteiger partial charge in [0.15, 0.2) is 11.5 Å². The number of fused-ring (bicyclic) bond motifs is 1. The zero-order valence-corrected chi connectivity index (χ0v) is 16.2. The first-order valence-corrected chi connectivity index (χ1v) is 9.02. The van der Waals surface area contributed by atoms with E-state index in [1.54, 1.807) is 0 Å². The van der Waals surface area contributed by atoms with Crippen LogP contribution in [0.1, 0.15) is 17.2 Å². The molecule has 0 radical (unpaired) electrons. The van der Waals surface area contributed by atoms with E-state index >= 15 is 0 Å². The van der Waals surface area contributed by atoms with Gasteiger partial charge in [-0.1, -0.05) is 31.9 Å². The maximum absolute atomic E-state index is 6.46. The molecule has 0 amide bonds. The lowest BCUT2D eigenvalue weighted by Gasteiger charge is -2.22. The molecule has 0 fully saturated rings. The quantitative estimate of drug-likeness (QED) is 0.582. The summed E-state index contributed by atoms with van der Waals surface area (Å²) in [7, 11) is 0. The number of halogens is 3. The Hall–Kier alpha value is -0.310. The average Bonchev–Trinajstić information content (AvgIpc) is 2.48. The number of hydrogen-bond donors (Lipinski definition) is 1. The van der Waals surface area contributed by atoms with Gasteiger partial charge in [0.1, 0.15) is 13.2 Å². The van der Waals surface area contributed by atoms with E-state index in [4.69, 9.17) is 15.2 Å². The average molecular weight is 525 g/mol. The zero-order valence-electron chi connectivity index (χ0n) is 10.9. The summed E-state index contributed by atoms with van der Waals surface area (Å²) in [6.07, 6.45) is 0. The van der Waals surface area contributed by atoms with Crippen LogP contribution in [0.2, 0.25) is 0 Å². The Morgan fingerprint density at radius 1 is 0.952 bits per heavy atom. The van der Waals surface area contributed by atoms with Gasteiger partial charge in [-0.2, -0.15) is 0 Å². The summed E-state index contributed by atoms with van der Waals surface area (Å²) in [5.74, 6) is 1.50.